The quantitative estimate of drug-likeness (QED) is 0.355. The average molecular weight is 376 g/mol. The first kappa shape index (κ1) is 19.2. The smallest absolute Gasteiger partial charge is 0.213 e. The van der Waals surface area contributed by atoms with Gasteiger partial charge in [0.15, 0.2) is 5.96 Å². The van der Waals surface area contributed by atoms with E-state index in [2.05, 4.69) is 15.3 Å². The lowest BCUT2D eigenvalue weighted by atomic mass is 10.2. The number of ether oxygens (including phenoxy) is 2. The molecule has 6 nitrogen and oxygen atoms in total. The molecule has 0 aliphatic rings. The van der Waals surface area contributed by atoms with E-state index in [0.29, 0.717) is 31.6 Å². The Kier molecular flexibility index (Phi) is 6.84. The van der Waals surface area contributed by atoms with E-state index in [0.717, 1.165) is 22.6 Å². The highest BCUT2D eigenvalue weighted by Gasteiger charge is 2.00. The normalized spacial score (nSPS) is 11.1. The molecule has 144 valence electrons. The van der Waals surface area contributed by atoms with Crippen LogP contribution in [-0.2, 0) is 6.54 Å². The number of hydrogen-bond acceptors (Lipinski definition) is 4. The number of guanidine groups is 1. The molecule has 1 aromatic heterocycles. The molecule has 0 aliphatic heterocycles. The first-order chi connectivity index (χ1) is 13.7. The number of nitrogens with zero attached hydrogens (tertiary/aromatic N) is 2. The van der Waals surface area contributed by atoms with Crippen molar-refractivity contribution in [1.29, 1.82) is 0 Å². The molecule has 0 unspecified atom stereocenters. The SMILES string of the molecule is Cc1cccc(NC(N)=NCc2ccc(OCCOc3ccccc3)nc2)c1. The predicted octanol–water partition coefficient (Wildman–Crippen LogP) is 3.77. The number of aryl methyl sites for hydroxylation is 1. The number of pyridine rings is 1. The molecule has 0 amide bonds. The van der Waals surface area contributed by atoms with Crippen molar-refractivity contribution in [3.63, 3.8) is 0 Å². The van der Waals surface area contributed by atoms with Crippen LogP contribution in [-0.4, -0.2) is 24.2 Å². The maximum Gasteiger partial charge on any atom is 0.213 e. The molecule has 0 aliphatic carbocycles. The number of hydrogen-bond donors (Lipinski definition) is 2. The second-order valence-corrected chi connectivity index (χ2v) is 6.21. The van der Waals surface area contributed by atoms with Crippen molar-refractivity contribution in [2.75, 3.05) is 18.5 Å². The Bertz CT molecular complexity index is 896. The van der Waals surface area contributed by atoms with Gasteiger partial charge in [0.05, 0.1) is 6.54 Å². The Balaban J connectivity index is 1.42. The van der Waals surface area contributed by atoms with Crippen LogP contribution < -0.4 is 20.5 Å². The topological polar surface area (TPSA) is 81.8 Å². The van der Waals surface area contributed by atoms with E-state index in [1.807, 2.05) is 73.7 Å². The van der Waals surface area contributed by atoms with Crippen LogP contribution in [0.25, 0.3) is 0 Å². The van der Waals surface area contributed by atoms with E-state index in [9.17, 15) is 0 Å². The van der Waals surface area contributed by atoms with Gasteiger partial charge in [-0.15, -0.1) is 0 Å². The average Bonchev–Trinajstić information content (AvgIpc) is 2.71. The van der Waals surface area contributed by atoms with Crippen molar-refractivity contribution in [3.8, 4) is 11.6 Å². The van der Waals surface area contributed by atoms with Crippen molar-refractivity contribution in [2.45, 2.75) is 13.5 Å². The standard InChI is InChI=1S/C22H24N4O2/c1-17-6-5-7-19(14-17)26-22(23)25-16-18-10-11-21(24-15-18)28-13-12-27-20-8-3-2-4-9-20/h2-11,14-15H,12-13,16H2,1H3,(H3,23,25,26). The molecule has 3 N–H and O–H groups in total. The minimum atomic E-state index is 0.365. The Hall–Kier alpha value is -3.54. The van der Waals surface area contributed by atoms with Crippen LogP contribution in [0.4, 0.5) is 5.69 Å². The Morgan fingerprint density at radius 2 is 1.82 bits per heavy atom. The van der Waals surface area contributed by atoms with Crippen molar-refractivity contribution in [3.05, 3.63) is 84.1 Å². The number of nitrogens with two attached hydrogens (primary N) is 1. The van der Waals surface area contributed by atoms with E-state index in [1.54, 1.807) is 6.20 Å². The van der Waals surface area contributed by atoms with Gasteiger partial charge in [0.2, 0.25) is 5.88 Å². The zero-order valence-corrected chi connectivity index (χ0v) is 15.8. The molecule has 0 saturated heterocycles. The first-order valence-corrected chi connectivity index (χ1v) is 9.08. The summed E-state index contributed by atoms with van der Waals surface area (Å²) in [5.74, 6) is 1.74. The summed E-state index contributed by atoms with van der Waals surface area (Å²) in [5.41, 5.74) is 8.97. The number of rotatable bonds is 8. The van der Waals surface area contributed by atoms with Crippen LogP contribution in [0.5, 0.6) is 11.6 Å². The lowest BCUT2D eigenvalue weighted by Crippen LogP contribution is -2.22. The molecule has 0 bridgehead atoms. The van der Waals surface area contributed by atoms with E-state index >= 15 is 0 Å². The Morgan fingerprint density at radius 3 is 2.57 bits per heavy atom. The third-order valence-electron chi connectivity index (χ3n) is 3.87. The summed E-state index contributed by atoms with van der Waals surface area (Å²) in [6.07, 6.45) is 1.73. The number of aliphatic imine (C=N–C) groups is 1. The van der Waals surface area contributed by atoms with Gasteiger partial charge in [0, 0.05) is 18.0 Å². The van der Waals surface area contributed by atoms with Crippen LogP contribution in [0.2, 0.25) is 0 Å². The number of para-hydroxylation sites is 1. The van der Waals surface area contributed by atoms with Crippen LogP contribution >= 0.6 is 0 Å². The molecule has 2 aromatic carbocycles. The van der Waals surface area contributed by atoms with Crippen molar-refractivity contribution >= 4 is 11.6 Å². The molecule has 0 atom stereocenters. The fraction of sp³-hybridized carbons (Fsp3) is 0.182. The van der Waals surface area contributed by atoms with Gasteiger partial charge in [0.1, 0.15) is 19.0 Å². The third kappa shape index (κ3) is 6.32. The van der Waals surface area contributed by atoms with Crippen LogP contribution in [0, 0.1) is 6.92 Å². The molecule has 0 spiro atoms. The fourth-order valence-electron chi connectivity index (χ4n) is 2.50. The molecular formula is C22H24N4O2. The zero-order chi connectivity index (χ0) is 19.6. The first-order valence-electron chi connectivity index (χ1n) is 9.08. The van der Waals surface area contributed by atoms with Crippen molar-refractivity contribution in [2.24, 2.45) is 10.7 Å². The van der Waals surface area contributed by atoms with E-state index in [-0.39, 0.29) is 0 Å². The molecule has 0 radical (unpaired) electrons. The number of anilines is 1. The summed E-state index contributed by atoms with van der Waals surface area (Å²) in [4.78, 5) is 8.63. The van der Waals surface area contributed by atoms with E-state index in [1.165, 1.54) is 0 Å². The summed E-state index contributed by atoms with van der Waals surface area (Å²) < 4.78 is 11.2. The molecule has 3 aromatic rings. The van der Waals surface area contributed by atoms with Gasteiger partial charge in [-0.05, 0) is 42.3 Å². The molecule has 0 saturated carbocycles. The van der Waals surface area contributed by atoms with E-state index < -0.39 is 0 Å². The Labute approximate surface area is 165 Å². The zero-order valence-electron chi connectivity index (χ0n) is 15.8. The van der Waals surface area contributed by atoms with Gasteiger partial charge in [-0.2, -0.15) is 0 Å². The number of benzene rings is 2. The maximum atomic E-state index is 5.94. The number of nitrogens with one attached hydrogen (secondary N) is 1. The van der Waals surface area contributed by atoms with E-state index in [4.69, 9.17) is 15.2 Å². The molecule has 0 fully saturated rings. The summed E-state index contributed by atoms with van der Waals surface area (Å²) >= 11 is 0. The molecule has 28 heavy (non-hydrogen) atoms. The van der Waals surface area contributed by atoms with Gasteiger partial charge in [-0.25, -0.2) is 9.98 Å². The second kappa shape index (κ2) is 9.97. The minimum absolute atomic E-state index is 0.365. The monoisotopic (exact) mass is 376 g/mol. The van der Waals surface area contributed by atoms with Gasteiger partial charge in [-0.3, -0.25) is 0 Å². The van der Waals surface area contributed by atoms with Crippen molar-refractivity contribution in [1.82, 2.24) is 4.98 Å². The highest BCUT2D eigenvalue weighted by Crippen LogP contribution is 2.11. The number of aromatic nitrogens is 1. The van der Waals surface area contributed by atoms with Gasteiger partial charge in [-0.1, -0.05) is 36.4 Å². The molecular weight excluding hydrogens is 352 g/mol. The summed E-state index contributed by atoms with van der Waals surface area (Å²) in [5, 5.41) is 3.08. The Morgan fingerprint density at radius 1 is 1.00 bits per heavy atom. The highest BCUT2D eigenvalue weighted by atomic mass is 16.5. The third-order valence-corrected chi connectivity index (χ3v) is 3.87. The fourth-order valence-corrected chi connectivity index (χ4v) is 2.50. The summed E-state index contributed by atoms with van der Waals surface area (Å²) in [6.45, 7) is 3.35. The lowest BCUT2D eigenvalue weighted by Gasteiger charge is -2.08. The van der Waals surface area contributed by atoms with Crippen LogP contribution in [0.15, 0.2) is 77.9 Å². The minimum Gasteiger partial charge on any atom is -0.490 e. The molecule has 1 heterocycles. The van der Waals surface area contributed by atoms with Crippen molar-refractivity contribution < 1.29 is 9.47 Å². The lowest BCUT2D eigenvalue weighted by molar-refractivity contribution is 0.212. The van der Waals surface area contributed by atoms with Gasteiger partial charge >= 0.3 is 0 Å². The second-order valence-electron chi connectivity index (χ2n) is 6.21. The van der Waals surface area contributed by atoms with Gasteiger partial charge in [0.25, 0.3) is 0 Å². The molecule has 6 heteroatoms. The van der Waals surface area contributed by atoms with Crippen LogP contribution in [0.1, 0.15) is 11.1 Å². The summed E-state index contributed by atoms with van der Waals surface area (Å²) in [7, 11) is 0. The molecule has 3 rings (SSSR count). The summed E-state index contributed by atoms with van der Waals surface area (Å²) in [6, 6.07) is 21.3. The highest BCUT2D eigenvalue weighted by molar-refractivity contribution is 5.92. The largest absolute Gasteiger partial charge is 0.490 e. The predicted molar refractivity (Wildman–Crippen MR) is 112 cm³/mol. The van der Waals surface area contributed by atoms with Gasteiger partial charge < -0.3 is 20.5 Å². The van der Waals surface area contributed by atoms with Crippen LogP contribution in [0.3, 0.4) is 0 Å². The maximum absolute atomic E-state index is 5.94.